The molecule has 0 bridgehead atoms. The first-order valence-electron chi connectivity index (χ1n) is 6.22. The number of ketones is 3. The molecule has 0 N–H and O–H groups in total. The molecule has 1 aromatic rings. The quantitative estimate of drug-likeness (QED) is 0.597. The van der Waals surface area contributed by atoms with E-state index in [9.17, 15) is 14.4 Å². The van der Waals surface area contributed by atoms with E-state index in [2.05, 4.69) is 0 Å². The molecule has 19 heavy (non-hydrogen) atoms. The molecule has 0 amide bonds. The van der Waals surface area contributed by atoms with Crippen molar-refractivity contribution in [3.05, 3.63) is 60.2 Å². The summed E-state index contributed by atoms with van der Waals surface area (Å²) in [7, 11) is 0. The van der Waals surface area contributed by atoms with E-state index < -0.39 is 17.8 Å². The van der Waals surface area contributed by atoms with Crippen molar-refractivity contribution >= 4 is 17.3 Å². The highest BCUT2D eigenvalue weighted by Crippen LogP contribution is 2.35. The van der Waals surface area contributed by atoms with Crippen molar-refractivity contribution in [2.45, 2.75) is 0 Å². The van der Waals surface area contributed by atoms with E-state index in [1.807, 2.05) is 0 Å². The van der Waals surface area contributed by atoms with Crippen LogP contribution < -0.4 is 0 Å². The Morgan fingerprint density at radius 3 is 1.89 bits per heavy atom. The lowest BCUT2D eigenvalue weighted by Crippen LogP contribution is -2.26. The van der Waals surface area contributed by atoms with Gasteiger partial charge in [-0.3, -0.25) is 14.4 Å². The lowest BCUT2D eigenvalue weighted by molar-refractivity contribution is -0.126. The molecule has 0 spiro atoms. The Bertz CT molecular complexity index is 580. The Labute approximate surface area is 110 Å². The maximum atomic E-state index is 12.3. The van der Waals surface area contributed by atoms with Gasteiger partial charge < -0.3 is 0 Å². The SMILES string of the molecule is O=C(c1ccccc1)C1C(=O)C2C=CC=CC2C1=O. The Balaban J connectivity index is 1.96. The number of carbonyl (C=O) groups is 3. The number of benzene rings is 1. The Kier molecular flexibility index (Phi) is 2.75. The van der Waals surface area contributed by atoms with Gasteiger partial charge in [-0.15, -0.1) is 0 Å². The number of hydrogen-bond acceptors (Lipinski definition) is 3. The van der Waals surface area contributed by atoms with Crippen molar-refractivity contribution in [1.29, 1.82) is 0 Å². The predicted molar refractivity (Wildman–Crippen MR) is 69.5 cm³/mol. The highest BCUT2D eigenvalue weighted by Gasteiger charge is 2.50. The van der Waals surface area contributed by atoms with E-state index in [1.54, 1.807) is 54.6 Å². The Morgan fingerprint density at radius 2 is 1.37 bits per heavy atom. The van der Waals surface area contributed by atoms with Crippen LogP contribution in [0, 0.1) is 17.8 Å². The van der Waals surface area contributed by atoms with Crippen LogP contribution >= 0.6 is 0 Å². The fraction of sp³-hybridized carbons (Fsp3) is 0.188. The third kappa shape index (κ3) is 1.78. The van der Waals surface area contributed by atoms with Gasteiger partial charge in [-0.1, -0.05) is 54.6 Å². The zero-order valence-corrected chi connectivity index (χ0v) is 10.2. The summed E-state index contributed by atoms with van der Waals surface area (Å²) in [6, 6.07) is 8.52. The molecule has 2 unspecified atom stereocenters. The second-order valence-corrected chi connectivity index (χ2v) is 4.79. The van der Waals surface area contributed by atoms with Crippen LogP contribution in [0.25, 0.3) is 0 Å². The maximum Gasteiger partial charge on any atom is 0.180 e. The lowest BCUT2D eigenvalue weighted by atomic mass is 9.91. The molecule has 0 heterocycles. The average molecular weight is 252 g/mol. The van der Waals surface area contributed by atoms with Gasteiger partial charge in [-0.2, -0.15) is 0 Å². The number of allylic oxidation sites excluding steroid dienone is 4. The van der Waals surface area contributed by atoms with Gasteiger partial charge in [-0.25, -0.2) is 0 Å². The topological polar surface area (TPSA) is 51.2 Å². The molecule has 1 aromatic carbocycles. The van der Waals surface area contributed by atoms with Crippen molar-refractivity contribution in [3.63, 3.8) is 0 Å². The Morgan fingerprint density at radius 1 is 0.842 bits per heavy atom. The molecule has 0 aromatic heterocycles. The number of rotatable bonds is 2. The van der Waals surface area contributed by atoms with Crippen molar-refractivity contribution in [3.8, 4) is 0 Å². The first-order valence-corrected chi connectivity index (χ1v) is 6.22. The molecular weight excluding hydrogens is 240 g/mol. The maximum absolute atomic E-state index is 12.3. The second kappa shape index (κ2) is 4.43. The summed E-state index contributed by atoms with van der Waals surface area (Å²) in [5.41, 5.74) is 0.417. The number of Topliss-reactive ketones (excluding diaryl/α,β-unsaturated/α-hetero) is 3. The molecule has 94 valence electrons. The minimum Gasteiger partial charge on any atom is -0.298 e. The summed E-state index contributed by atoms with van der Waals surface area (Å²) in [4.78, 5) is 36.8. The average Bonchev–Trinajstić information content (AvgIpc) is 2.72. The third-order valence-corrected chi connectivity index (χ3v) is 3.68. The molecule has 2 aliphatic carbocycles. The normalized spacial score (nSPS) is 28.5. The van der Waals surface area contributed by atoms with Gasteiger partial charge in [0.05, 0.1) is 11.8 Å². The van der Waals surface area contributed by atoms with Gasteiger partial charge in [0.1, 0.15) is 5.92 Å². The lowest BCUT2D eigenvalue weighted by Gasteiger charge is -2.10. The fourth-order valence-electron chi connectivity index (χ4n) is 2.70. The summed E-state index contributed by atoms with van der Waals surface area (Å²) in [6.45, 7) is 0. The number of carbonyl (C=O) groups excluding carboxylic acids is 3. The molecule has 0 radical (unpaired) electrons. The van der Waals surface area contributed by atoms with E-state index in [1.165, 1.54) is 0 Å². The van der Waals surface area contributed by atoms with E-state index in [4.69, 9.17) is 0 Å². The molecular formula is C16H12O3. The van der Waals surface area contributed by atoms with E-state index in [-0.39, 0.29) is 17.3 Å². The fourth-order valence-corrected chi connectivity index (χ4v) is 2.70. The van der Waals surface area contributed by atoms with E-state index in [0.717, 1.165) is 0 Å². The van der Waals surface area contributed by atoms with Crippen molar-refractivity contribution in [2.24, 2.45) is 17.8 Å². The molecule has 1 saturated carbocycles. The third-order valence-electron chi connectivity index (χ3n) is 3.68. The van der Waals surface area contributed by atoms with Crippen LogP contribution in [0.5, 0.6) is 0 Å². The summed E-state index contributed by atoms with van der Waals surface area (Å²) < 4.78 is 0. The summed E-state index contributed by atoms with van der Waals surface area (Å²) in [6.07, 6.45) is 6.93. The highest BCUT2D eigenvalue weighted by molar-refractivity contribution is 6.29. The largest absolute Gasteiger partial charge is 0.298 e. The molecule has 0 saturated heterocycles. The molecule has 3 heteroatoms. The van der Waals surface area contributed by atoms with Crippen LogP contribution in [-0.4, -0.2) is 17.3 Å². The van der Waals surface area contributed by atoms with Crippen LogP contribution in [0.4, 0.5) is 0 Å². The molecule has 2 atom stereocenters. The van der Waals surface area contributed by atoms with Gasteiger partial charge in [0.25, 0.3) is 0 Å². The van der Waals surface area contributed by atoms with Crippen LogP contribution in [0.2, 0.25) is 0 Å². The van der Waals surface area contributed by atoms with Gasteiger partial charge >= 0.3 is 0 Å². The van der Waals surface area contributed by atoms with Crippen LogP contribution in [-0.2, 0) is 9.59 Å². The van der Waals surface area contributed by atoms with Gasteiger partial charge in [0.2, 0.25) is 0 Å². The van der Waals surface area contributed by atoms with Gasteiger partial charge in [-0.05, 0) is 0 Å². The summed E-state index contributed by atoms with van der Waals surface area (Å²) in [5, 5.41) is 0. The summed E-state index contributed by atoms with van der Waals surface area (Å²) >= 11 is 0. The van der Waals surface area contributed by atoms with Crippen molar-refractivity contribution < 1.29 is 14.4 Å². The number of hydrogen-bond donors (Lipinski definition) is 0. The highest BCUT2D eigenvalue weighted by atomic mass is 16.2. The first kappa shape index (κ1) is 11.8. The second-order valence-electron chi connectivity index (χ2n) is 4.79. The van der Waals surface area contributed by atoms with Crippen molar-refractivity contribution in [1.82, 2.24) is 0 Å². The predicted octanol–water partition coefficient (Wildman–Crippen LogP) is 2.00. The van der Waals surface area contributed by atoms with Gasteiger partial charge in [0.15, 0.2) is 17.3 Å². The zero-order chi connectivity index (χ0) is 13.4. The van der Waals surface area contributed by atoms with Gasteiger partial charge in [0, 0.05) is 5.56 Å². The molecule has 3 nitrogen and oxygen atoms in total. The molecule has 2 aliphatic rings. The zero-order valence-electron chi connectivity index (χ0n) is 10.2. The van der Waals surface area contributed by atoms with E-state index >= 15 is 0 Å². The first-order chi connectivity index (χ1) is 9.20. The molecule has 0 aliphatic heterocycles. The number of fused-ring (bicyclic) bond motifs is 1. The standard InChI is InChI=1S/C16H12O3/c17-14(10-6-2-1-3-7-10)13-15(18)11-8-4-5-9-12(11)16(13)19/h1-9,11-13H. The minimum absolute atomic E-state index is 0.274. The van der Waals surface area contributed by atoms with Crippen LogP contribution in [0.3, 0.4) is 0 Å². The monoisotopic (exact) mass is 252 g/mol. The smallest absolute Gasteiger partial charge is 0.180 e. The minimum atomic E-state index is -1.13. The van der Waals surface area contributed by atoms with Crippen LogP contribution in [0.15, 0.2) is 54.6 Å². The van der Waals surface area contributed by atoms with Crippen LogP contribution in [0.1, 0.15) is 10.4 Å². The summed E-state index contributed by atoms with van der Waals surface area (Å²) in [5.74, 6) is -2.99. The van der Waals surface area contributed by atoms with E-state index in [0.29, 0.717) is 5.56 Å². The molecule has 3 rings (SSSR count). The molecule has 1 fully saturated rings. The Hall–Kier alpha value is -2.29. The van der Waals surface area contributed by atoms with Crippen molar-refractivity contribution in [2.75, 3.05) is 0 Å².